The predicted molar refractivity (Wildman–Crippen MR) is 76.2 cm³/mol. The normalized spacial score (nSPS) is 27.2. The van der Waals surface area contributed by atoms with Crippen LogP contribution in [0.5, 0.6) is 0 Å². The van der Waals surface area contributed by atoms with Crippen molar-refractivity contribution in [1.82, 2.24) is 9.80 Å². The minimum Gasteiger partial charge on any atom is -0.369 e. The standard InChI is InChI=1S/C15H26N2O3/c1-12(2)9-14(19)17-6-4-5-15(11-17)10-16(13(3)18)7-8-20-15/h12H,4-11H2,1-3H3. The third kappa shape index (κ3) is 3.51. The number of ether oxygens (including phenoxy) is 1. The van der Waals surface area contributed by atoms with Crippen LogP contribution in [0, 0.1) is 5.92 Å². The van der Waals surface area contributed by atoms with E-state index in [9.17, 15) is 9.59 Å². The molecule has 1 atom stereocenters. The molecule has 2 amide bonds. The maximum absolute atomic E-state index is 12.2. The average molecular weight is 282 g/mol. The molecule has 2 fully saturated rings. The third-order valence-corrected chi connectivity index (χ3v) is 4.17. The van der Waals surface area contributed by atoms with Crippen LogP contribution in [0.25, 0.3) is 0 Å². The van der Waals surface area contributed by atoms with Crippen LogP contribution in [0.15, 0.2) is 0 Å². The van der Waals surface area contributed by atoms with Gasteiger partial charge in [0.05, 0.1) is 19.7 Å². The van der Waals surface area contributed by atoms with Crippen molar-refractivity contribution >= 4 is 11.8 Å². The van der Waals surface area contributed by atoms with E-state index in [0.29, 0.717) is 38.6 Å². The number of hydrogen-bond acceptors (Lipinski definition) is 3. The minimum absolute atomic E-state index is 0.0957. The molecule has 1 spiro atoms. The number of piperidine rings is 1. The lowest BCUT2D eigenvalue weighted by molar-refractivity contribution is -0.165. The van der Waals surface area contributed by atoms with Crippen LogP contribution in [0.4, 0.5) is 0 Å². The van der Waals surface area contributed by atoms with Crippen LogP contribution in [0.1, 0.15) is 40.0 Å². The Hall–Kier alpha value is -1.10. The van der Waals surface area contributed by atoms with E-state index in [1.54, 1.807) is 6.92 Å². The van der Waals surface area contributed by atoms with Gasteiger partial charge in [0.1, 0.15) is 5.60 Å². The van der Waals surface area contributed by atoms with Gasteiger partial charge in [-0.2, -0.15) is 0 Å². The summed E-state index contributed by atoms with van der Waals surface area (Å²) in [5.41, 5.74) is -0.338. The summed E-state index contributed by atoms with van der Waals surface area (Å²) in [4.78, 5) is 27.6. The van der Waals surface area contributed by atoms with Crippen molar-refractivity contribution in [2.45, 2.75) is 45.6 Å². The Morgan fingerprint density at radius 1 is 1.20 bits per heavy atom. The molecular formula is C15H26N2O3. The zero-order valence-electron chi connectivity index (χ0n) is 12.9. The lowest BCUT2D eigenvalue weighted by Gasteiger charge is -2.48. The number of likely N-dealkylation sites (tertiary alicyclic amines) is 1. The van der Waals surface area contributed by atoms with Crippen LogP contribution in [0.2, 0.25) is 0 Å². The van der Waals surface area contributed by atoms with Crippen LogP contribution >= 0.6 is 0 Å². The molecule has 2 aliphatic heterocycles. The number of amides is 2. The van der Waals surface area contributed by atoms with Gasteiger partial charge in [0, 0.05) is 26.4 Å². The Kier molecular flexibility index (Phi) is 4.68. The quantitative estimate of drug-likeness (QED) is 0.766. The van der Waals surface area contributed by atoms with Gasteiger partial charge in [-0.3, -0.25) is 9.59 Å². The molecule has 5 nitrogen and oxygen atoms in total. The summed E-state index contributed by atoms with van der Waals surface area (Å²) < 4.78 is 5.98. The molecule has 0 aromatic rings. The predicted octanol–water partition coefficient (Wildman–Crippen LogP) is 1.27. The lowest BCUT2D eigenvalue weighted by atomic mass is 9.90. The second-order valence-electron chi connectivity index (χ2n) is 6.49. The number of rotatable bonds is 2. The van der Waals surface area contributed by atoms with E-state index in [2.05, 4.69) is 13.8 Å². The topological polar surface area (TPSA) is 49.9 Å². The van der Waals surface area contributed by atoms with Crippen LogP contribution in [-0.2, 0) is 14.3 Å². The first-order valence-electron chi connectivity index (χ1n) is 7.59. The number of morpholine rings is 1. The largest absolute Gasteiger partial charge is 0.369 e. The van der Waals surface area contributed by atoms with Crippen molar-refractivity contribution in [3.8, 4) is 0 Å². The molecule has 0 N–H and O–H groups in total. The summed E-state index contributed by atoms with van der Waals surface area (Å²) in [5, 5.41) is 0. The molecule has 2 aliphatic rings. The summed E-state index contributed by atoms with van der Waals surface area (Å²) >= 11 is 0. The summed E-state index contributed by atoms with van der Waals surface area (Å²) in [6.45, 7) is 9.03. The van der Waals surface area contributed by atoms with Crippen LogP contribution in [0.3, 0.4) is 0 Å². The molecule has 0 aliphatic carbocycles. The van der Waals surface area contributed by atoms with Crippen molar-refractivity contribution in [3.63, 3.8) is 0 Å². The molecule has 2 rings (SSSR count). The fourth-order valence-electron chi connectivity index (χ4n) is 3.15. The lowest BCUT2D eigenvalue weighted by Crippen LogP contribution is -2.61. The van der Waals surface area contributed by atoms with E-state index in [4.69, 9.17) is 4.74 Å². The Morgan fingerprint density at radius 3 is 2.55 bits per heavy atom. The van der Waals surface area contributed by atoms with Crippen molar-refractivity contribution in [1.29, 1.82) is 0 Å². The molecule has 2 heterocycles. The molecule has 0 saturated carbocycles. The Labute approximate surface area is 121 Å². The Bertz CT molecular complexity index is 379. The summed E-state index contributed by atoms with van der Waals surface area (Å²) in [6, 6.07) is 0. The highest BCUT2D eigenvalue weighted by atomic mass is 16.5. The van der Waals surface area contributed by atoms with E-state index in [1.807, 2.05) is 9.80 Å². The Morgan fingerprint density at radius 2 is 1.90 bits per heavy atom. The van der Waals surface area contributed by atoms with Gasteiger partial charge in [0.15, 0.2) is 0 Å². The highest BCUT2D eigenvalue weighted by Gasteiger charge is 2.42. The first-order chi connectivity index (χ1) is 9.42. The van der Waals surface area contributed by atoms with Crippen molar-refractivity contribution < 1.29 is 14.3 Å². The molecular weight excluding hydrogens is 256 g/mol. The van der Waals surface area contributed by atoms with E-state index in [-0.39, 0.29) is 17.4 Å². The van der Waals surface area contributed by atoms with Gasteiger partial charge in [0.2, 0.25) is 11.8 Å². The number of hydrogen-bond donors (Lipinski definition) is 0. The summed E-state index contributed by atoms with van der Waals surface area (Å²) in [7, 11) is 0. The molecule has 5 heteroatoms. The molecule has 0 aromatic heterocycles. The van der Waals surface area contributed by atoms with Crippen molar-refractivity contribution in [2.24, 2.45) is 5.92 Å². The second kappa shape index (κ2) is 6.12. The van der Waals surface area contributed by atoms with E-state index < -0.39 is 0 Å². The van der Waals surface area contributed by atoms with Gasteiger partial charge in [-0.25, -0.2) is 0 Å². The molecule has 2 saturated heterocycles. The fraction of sp³-hybridized carbons (Fsp3) is 0.867. The number of carbonyl (C=O) groups excluding carboxylic acids is 2. The van der Waals surface area contributed by atoms with E-state index in [1.165, 1.54) is 0 Å². The molecule has 20 heavy (non-hydrogen) atoms. The van der Waals surface area contributed by atoms with Gasteiger partial charge in [-0.15, -0.1) is 0 Å². The number of carbonyl (C=O) groups is 2. The zero-order chi connectivity index (χ0) is 14.8. The zero-order valence-corrected chi connectivity index (χ0v) is 12.9. The van der Waals surface area contributed by atoms with E-state index in [0.717, 1.165) is 19.4 Å². The van der Waals surface area contributed by atoms with Crippen LogP contribution < -0.4 is 0 Å². The number of nitrogens with zero attached hydrogens (tertiary/aromatic N) is 2. The Balaban J connectivity index is 2.01. The maximum Gasteiger partial charge on any atom is 0.222 e. The summed E-state index contributed by atoms with van der Waals surface area (Å²) in [6.07, 6.45) is 2.48. The van der Waals surface area contributed by atoms with Gasteiger partial charge >= 0.3 is 0 Å². The van der Waals surface area contributed by atoms with Gasteiger partial charge in [0.25, 0.3) is 0 Å². The molecule has 0 bridgehead atoms. The van der Waals surface area contributed by atoms with Crippen LogP contribution in [-0.4, -0.2) is 60.0 Å². The second-order valence-corrected chi connectivity index (χ2v) is 6.49. The molecule has 0 aromatic carbocycles. The smallest absolute Gasteiger partial charge is 0.222 e. The molecule has 114 valence electrons. The first-order valence-corrected chi connectivity index (χ1v) is 7.59. The third-order valence-electron chi connectivity index (χ3n) is 4.17. The highest BCUT2D eigenvalue weighted by Crippen LogP contribution is 2.29. The SMILES string of the molecule is CC(=O)N1CCOC2(CCCN(C(=O)CC(C)C)C2)C1. The molecule has 0 radical (unpaired) electrons. The van der Waals surface area contributed by atoms with Gasteiger partial charge in [-0.05, 0) is 18.8 Å². The summed E-state index contributed by atoms with van der Waals surface area (Å²) in [5.74, 6) is 0.683. The van der Waals surface area contributed by atoms with E-state index >= 15 is 0 Å². The maximum atomic E-state index is 12.2. The highest BCUT2D eigenvalue weighted by molar-refractivity contribution is 5.76. The fourth-order valence-corrected chi connectivity index (χ4v) is 3.15. The monoisotopic (exact) mass is 282 g/mol. The average Bonchev–Trinajstić information content (AvgIpc) is 2.38. The minimum atomic E-state index is -0.338. The molecule has 1 unspecified atom stereocenters. The van der Waals surface area contributed by atoms with Crippen molar-refractivity contribution in [3.05, 3.63) is 0 Å². The van der Waals surface area contributed by atoms with Crippen molar-refractivity contribution in [2.75, 3.05) is 32.8 Å². The van der Waals surface area contributed by atoms with Gasteiger partial charge in [-0.1, -0.05) is 13.8 Å². The first kappa shape index (κ1) is 15.3. The van der Waals surface area contributed by atoms with Gasteiger partial charge < -0.3 is 14.5 Å².